The molecule has 0 aromatic heterocycles. The molecule has 0 spiro atoms. The van der Waals surface area contributed by atoms with E-state index in [1.165, 1.54) is 0 Å². The quantitative estimate of drug-likeness (QED) is 0.857. The van der Waals surface area contributed by atoms with Gasteiger partial charge in [0.05, 0.1) is 5.56 Å². The van der Waals surface area contributed by atoms with E-state index in [1.807, 2.05) is 0 Å². The third kappa shape index (κ3) is 2.30. The van der Waals surface area contributed by atoms with Crippen LogP contribution in [0, 0.1) is 23.5 Å². The number of carbonyl (C=O) groups is 1. The van der Waals surface area contributed by atoms with Crippen LogP contribution < -0.4 is 5.73 Å². The highest BCUT2D eigenvalue weighted by Gasteiger charge is 2.40. The first-order chi connectivity index (χ1) is 9.56. The van der Waals surface area contributed by atoms with Crippen LogP contribution in [0.5, 0.6) is 0 Å². The number of nitrogens with two attached hydrogens (primary N) is 1. The van der Waals surface area contributed by atoms with Gasteiger partial charge in [0, 0.05) is 19.1 Å². The number of fused-ring (bicyclic) bond motifs is 1. The van der Waals surface area contributed by atoms with Crippen molar-refractivity contribution >= 4 is 5.91 Å². The summed E-state index contributed by atoms with van der Waals surface area (Å²) in [5, 5.41) is 0. The van der Waals surface area contributed by atoms with Gasteiger partial charge in [0.15, 0.2) is 0 Å². The lowest BCUT2D eigenvalue weighted by molar-refractivity contribution is 0.0778. The summed E-state index contributed by atoms with van der Waals surface area (Å²) in [7, 11) is 0. The van der Waals surface area contributed by atoms with E-state index in [0.29, 0.717) is 24.9 Å². The maximum absolute atomic E-state index is 13.7. The van der Waals surface area contributed by atoms with Crippen molar-refractivity contribution in [1.29, 1.82) is 0 Å². The molecule has 1 aliphatic carbocycles. The predicted octanol–water partition coefficient (Wildman–Crippen LogP) is 2.16. The highest BCUT2D eigenvalue weighted by atomic mass is 19.1. The van der Waals surface area contributed by atoms with Crippen LogP contribution in [-0.4, -0.2) is 29.9 Å². The van der Waals surface area contributed by atoms with Crippen LogP contribution in [0.1, 0.15) is 29.6 Å². The van der Waals surface area contributed by atoms with Crippen LogP contribution >= 0.6 is 0 Å². The first kappa shape index (κ1) is 13.5. The van der Waals surface area contributed by atoms with Crippen LogP contribution in [0.15, 0.2) is 18.2 Å². The minimum absolute atomic E-state index is 0.115. The lowest BCUT2D eigenvalue weighted by atomic mass is 9.78. The second-order valence-corrected chi connectivity index (χ2v) is 5.85. The van der Waals surface area contributed by atoms with Gasteiger partial charge in [-0.05, 0) is 42.9 Å². The fourth-order valence-corrected chi connectivity index (χ4v) is 3.51. The van der Waals surface area contributed by atoms with Gasteiger partial charge in [-0.15, -0.1) is 0 Å². The largest absolute Gasteiger partial charge is 0.338 e. The molecule has 1 aromatic carbocycles. The Labute approximate surface area is 116 Å². The lowest BCUT2D eigenvalue weighted by Gasteiger charge is -2.29. The zero-order valence-electron chi connectivity index (χ0n) is 11.2. The zero-order chi connectivity index (χ0) is 14.3. The summed E-state index contributed by atoms with van der Waals surface area (Å²) in [5.74, 6) is -0.995. The van der Waals surface area contributed by atoms with E-state index in [4.69, 9.17) is 5.73 Å². The standard InChI is InChI=1S/C15H18F2N2O/c16-10-4-5-13(17)11(6-10)15(20)19-7-9-2-1-3-14(18)12(9)8-19/h4-6,9,12,14H,1-3,7-8,18H2. The summed E-state index contributed by atoms with van der Waals surface area (Å²) >= 11 is 0. The number of hydrogen-bond donors (Lipinski definition) is 1. The molecular weight excluding hydrogens is 262 g/mol. The summed E-state index contributed by atoms with van der Waals surface area (Å²) in [5.41, 5.74) is 5.92. The normalized spacial score (nSPS) is 29.4. The molecule has 2 aliphatic rings. The van der Waals surface area contributed by atoms with Gasteiger partial charge in [-0.2, -0.15) is 0 Å². The number of benzene rings is 1. The number of carbonyl (C=O) groups excluding carboxylic acids is 1. The molecule has 3 atom stereocenters. The fraction of sp³-hybridized carbons (Fsp3) is 0.533. The fourth-order valence-electron chi connectivity index (χ4n) is 3.51. The highest BCUT2D eigenvalue weighted by molar-refractivity contribution is 5.94. The minimum Gasteiger partial charge on any atom is -0.338 e. The zero-order valence-corrected chi connectivity index (χ0v) is 11.2. The number of amides is 1. The van der Waals surface area contributed by atoms with Gasteiger partial charge < -0.3 is 10.6 Å². The van der Waals surface area contributed by atoms with Crippen molar-refractivity contribution in [2.45, 2.75) is 25.3 Å². The van der Waals surface area contributed by atoms with E-state index in [1.54, 1.807) is 4.90 Å². The van der Waals surface area contributed by atoms with Crippen molar-refractivity contribution < 1.29 is 13.6 Å². The molecule has 3 unspecified atom stereocenters. The van der Waals surface area contributed by atoms with Gasteiger partial charge in [0.1, 0.15) is 11.6 Å². The molecule has 108 valence electrons. The molecule has 1 saturated carbocycles. The van der Waals surface area contributed by atoms with Crippen LogP contribution in [0.25, 0.3) is 0 Å². The predicted molar refractivity (Wildman–Crippen MR) is 71.1 cm³/mol. The monoisotopic (exact) mass is 280 g/mol. The van der Waals surface area contributed by atoms with Gasteiger partial charge in [-0.25, -0.2) is 8.78 Å². The van der Waals surface area contributed by atoms with Crippen molar-refractivity contribution in [3.8, 4) is 0 Å². The van der Waals surface area contributed by atoms with Crippen LogP contribution in [0.3, 0.4) is 0 Å². The third-order valence-corrected chi connectivity index (χ3v) is 4.60. The Morgan fingerprint density at radius 1 is 1.25 bits per heavy atom. The smallest absolute Gasteiger partial charge is 0.256 e. The molecule has 1 aliphatic heterocycles. The number of likely N-dealkylation sites (tertiary alicyclic amines) is 1. The van der Waals surface area contributed by atoms with Gasteiger partial charge in [-0.1, -0.05) is 6.42 Å². The first-order valence-electron chi connectivity index (χ1n) is 7.06. The summed E-state index contributed by atoms with van der Waals surface area (Å²) in [6.07, 6.45) is 3.13. The Hall–Kier alpha value is -1.49. The van der Waals surface area contributed by atoms with E-state index in [0.717, 1.165) is 37.5 Å². The van der Waals surface area contributed by atoms with Gasteiger partial charge in [0.25, 0.3) is 5.91 Å². The van der Waals surface area contributed by atoms with E-state index < -0.39 is 17.5 Å². The summed E-state index contributed by atoms with van der Waals surface area (Å²) in [6.45, 7) is 1.16. The Morgan fingerprint density at radius 2 is 2.05 bits per heavy atom. The lowest BCUT2D eigenvalue weighted by Crippen LogP contribution is -2.38. The Bertz CT molecular complexity index is 535. The summed E-state index contributed by atoms with van der Waals surface area (Å²) < 4.78 is 26.9. The number of halogens is 2. The molecule has 3 nitrogen and oxygen atoms in total. The maximum Gasteiger partial charge on any atom is 0.256 e. The molecule has 20 heavy (non-hydrogen) atoms. The van der Waals surface area contributed by atoms with Crippen molar-refractivity contribution in [1.82, 2.24) is 4.90 Å². The second kappa shape index (κ2) is 5.13. The summed E-state index contributed by atoms with van der Waals surface area (Å²) in [6, 6.07) is 3.10. The van der Waals surface area contributed by atoms with Crippen LogP contribution in [0.2, 0.25) is 0 Å². The Morgan fingerprint density at radius 3 is 2.80 bits per heavy atom. The molecule has 2 fully saturated rings. The number of nitrogens with zero attached hydrogens (tertiary/aromatic N) is 1. The first-order valence-corrected chi connectivity index (χ1v) is 7.06. The topological polar surface area (TPSA) is 46.3 Å². The second-order valence-electron chi connectivity index (χ2n) is 5.85. The molecular formula is C15H18F2N2O. The van der Waals surface area contributed by atoms with Crippen LogP contribution in [-0.2, 0) is 0 Å². The molecule has 0 bridgehead atoms. The van der Waals surface area contributed by atoms with Gasteiger partial charge >= 0.3 is 0 Å². The third-order valence-electron chi connectivity index (χ3n) is 4.60. The van der Waals surface area contributed by atoms with Gasteiger partial charge in [-0.3, -0.25) is 4.79 Å². The molecule has 1 amide bonds. The Balaban J connectivity index is 1.80. The molecule has 3 rings (SSSR count). The van der Waals surface area contributed by atoms with E-state index in [-0.39, 0.29) is 11.6 Å². The van der Waals surface area contributed by atoms with E-state index >= 15 is 0 Å². The highest BCUT2D eigenvalue weighted by Crippen LogP contribution is 2.36. The van der Waals surface area contributed by atoms with Crippen molar-refractivity contribution in [2.75, 3.05) is 13.1 Å². The number of hydrogen-bond acceptors (Lipinski definition) is 2. The molecule has 5 heteroatoms. The van der Waals surface area contributed by atoms with Gasteiger partial charge in [0.2, 0.25) is 0 Å². The van der Waals surface area contributed by atoms with E-state index in [2.05, 4.69) is 0 Å². The summed E-state index contributed by atoms with van der Waals surface area (Å²) in [4.78, 5) is 14.0. The van der Waals surface area contributed by atoms with Crippen molar-refractivity contribution in [2.24, 2.45) is 17.6 Å². The van der Waals surface area contributed by atoms with Crippen molar-refractivity contribution in [3.63, 3.8) is 0 Å². The molecule has 1 saturated heterocycles. The maximum atomic E-state index is 13.7. The molecule has 1 aromatic rings. The molecule has 0 radical (unpaired) electrons. The molecule has 2 N–H and O–H groups in total. The van der Waals surface area contributed by atoms with Crippen molar-refractivity contribution in [3.05, 3.63) is 35.4 Å². The average molecular weight is 280 g/mol. The molecule has 1 heterocycles. The SMILES string of the molecule is NC1CCCC2CN(C(=O)c3cc(F)ccc3F)CC12. The van der Waals surface area contributed by atoms with E-state index in [9.17, 15) is 13.6 Å². The minimum atomic E-state index is -0.671. The van der Waals surface area contributed by atoms with Crippen LogP contribution in [0.4, 0.5) is 8.78 Å². The number of rotatable bonds is 1. The average Bonchev–Trinajstić information content (AvgIpc) is 2.86. The Kier molecular flexibility index (Phi) is 3.46.